The zero-order chi connectivity index (χ0) is 14.8. The zero-order valence-electron chi connectivity index (χ0n) is 11.7. The molecule has 0 atom stereocenters. The van der Waals surface area contributed by atoms with Gasteiger partial charge in [-0.1, -0.05) is 17.7 Å². The van der Waals surface area contributed by atoms with E-state index in [4.69, 9.17) is 16.7 Å². The molecular weight excluding hydrogens is 288 g/mol. The van der Waals surface area contributed by atoms with Gasteiger partial charge in [-0.05, 0) is 43.4 Å². The Hall–Kier alpha value is -1.52. The van der Waals surface area contributed by atoms with E-state index in [2.05, 4.69) is 10.3 Å². The van der Waals surface area contributed by atoms with Gasteiger partial charge in [0.25, 0.3) is 0 Å². The standard InChI is InChI=1S/C16H19ClN2O2/c17-12-3-6-14-11(9-19-15(14)7-12)8-18-13-4-1-10(2-5-13)16(20)21/h3,6-7,9-10,13,18-19H,1-2,4-5,8H2,(H,20,21). The van der Waals surface area contributed by atoms with Gasteiger partial charge in [-0.25, -0.2) is 0 Å². The fourth-order valence-corrected chi connectivity index (χ4v) is 3.28. The van der Waals surface area contributed by atoms with Crippen molar-refractivity contribution in [2.75, 3.05) is 0 Å². The maximum atomic E-state index is 10.9. The third-order valence-electron chi connectivity index (χ3n) is 4.39. The van der Waals surface area contributed by atoms with Gasteiger partial charge in [0, 0.05) is 34.7 Å². The van der Waals surface area contributed by atoms with E-state index in [-0.39, 0.29) is 5.92 Å². The molecule has 0 aliphatic heterocycles. The first-order valence-corrected chi connectivity index (χ1v) is 7.73. The molecular formula is C16H19ClN2O2. The number of aliphatic carboxylic acids is 1. The van der Waals surface area contributed by atoms with Crippen LogP contribution in [0.25, 0.3) is 10.9 Å². The predicted molar refractivity (Wildman–Crippen MR) is 83.5 cm³/mol. The van der Waals surface area contributed by atoms with Crippen LogP contribution in [0.4, 0.5) is 0 Å². The highest BCUT2D eigenvalue weighted by Gasteiger charge is 2.25. The summed E-state index contributed by atoms with van der Waals surface area (Å²) in [6.07, 6.45) is 5.43. The van der Waals surface area contributed by atoms with E-state index in [9.17, 15) is 4.79 Å². The minimum absolute atomic E-state index is 0.154. The molecule has 0 bridgehead atoms. The molecule has 4 nitrogen and oxygen atoms in total. The van der Waals surface area contributed by atoms with Gasteiger partial charge >= 0.3 is 5.97 Å². The lowest BCUT2D eigenvalue weighted by atomic mass is 9.86. The summed E-state index contributed by atoms with van der Waals surface area (Å²) in [4.78, 5) is 14.2. The summed E-state index contributed by atoms with van der Waals surface area (Å²) in [6, 6.07) is 6.28. The van der Waals surface area contributed by atoms with Gasteiger partial charge in [-0.3, -0.25) is 4.79 Å². The third kappa shape index (κ3) is 3.22. The number of rotatable bonds is 4. The monoisotopic (exact) mass is 306 g/mol. The first kappa shape index (κ1) is 14.4. The Balaban J connectivity index is 1.59. The molecule has 0 amide bonds. The van der Waals surface area contributed by atoms with Crippen molar-refractivity contribution in [1.29, 1.82) is 0 Å². The van der Waals surface area contributed by atoms with Gasteiger partial charge in [0.1, 0.15) is 0 Å². The van der Waals surface area contributed by atoms with Crippen molar-refractivity contribution in [2.45, 2.75) is 38.3 Å². The van der Waals surface area contributed by atoms with Gasteiger partial charge in [0.05, 0.1) is 5.92 Å². The number of benzene rings is 1. The Bertz CT molecular complexity index is 645. The quantitative estimate of drug-likeness (QED) is 0.809. The van der Waals surface area contributed by atoms with E-state index in [1.54, 1.807) is 0 Å². The number of hydrogen-bond donors (Lipinski definition) is 3. The summed E-state index contributed by atoms with van der Waals surface area (Å²) in [5.41, 5.74) is 2.27. The normalized spacial score (nSPS) is 22.5. The molecule has 1 aliphatic carbocycles. The van der Waals surface area contributed by atoms with Gasteiger partial charge < -0.3 is 15.4 Å². The topological polar surface area (TPSA) is 65.1 Å². The smallest absolute Gasteiger partial charge is 0.306 e. The van der Waals surface area contributed by atoms with Gasteiger partial charge in [0.2, 0.25) is 0 Å². The van der Waals surface area contributed by atoms with Crippen molar-refractivity contribution >= 4 is 28.5 Å². The van der Waals surface area contributed by atoms with E-state index in [0.29, 0.717) is 6.04 Å². The second-order valence-corrected chi connectivity index (χ2v) is 6.21. The third-order valence-corrected chi connectivity index (χ3v) is 4.62. The highest BCUT2D eigenvalue weighted by molar-refractivity contribution is 6.31. The Kier molecular flexibility index (Phi) is 4.17. The van der Waals surface area contributed by atoms with Crippen molar-refractivity contribution in [3.63, 3.8) is 0 Å². The Morgan fingerprint density at radius 2 is 2.10 bits per heavy atom. The SMILES string of the molecule is O=C(O)C1CCC(NCc2c[nH]c3cc(Cl)ccc23)CC1. The summed E-state index contributed by atoms with van der Waals surface area (Å²) in [7, 11) is 0. The molecule has 21 heavy (non-hydrogen) atoms. The van der Waals surface area contributed by atoms with E-state index >= 15 is 0 Å². The van der Waals surface area contributed by atoms with Crippen molar-refractivity contribution in [3.8, 4) is 0 Å². The number of carbonyl (C=O) groups is 1. The fraction of sp³-hybridized carbons (Fsp3) is 0.438. The first-order valence-electron chi connectivity index (χ1n) is 7.35. The van der Waals surface area contributed by atoms with Crippen LogP contribution in [-0.2, 0) is 11.3 Å². The Morgan fingerprint density at radius 3 is 2.81 bits per heavy atom. The highest BCUT2D eigenvalue weighted by atomic mass is 35.5. The predicted octanol–water partition coefficient (Wildman–Crippen LogP) is 3.55. The van der Waals surface area contributed by atoms with Crippen LogP contribution in [0.5, 0.6) is 0 Å². The Morgan fingerprint density at radius 1 is 1.33 bits per heavy atom. The van der Waals surface area contributed by atoms with E-state index in [1.165, 1.54) is 10.9 Å². The number of aromatic nitrogens is 1. The van der Waals surface area contributed by atoms with E-state index in [0.717, 1.165) is 42.8 Å². The van der Waals surface area contributed by atoms with Crippen LogP contribution in [0.3, 0.4) is 0 Å². The van der Waals surface area contributed by atoms with Crippen LogP contribution in [0.15, 0.2) is 24.4 Å². The molecule has 1 fully saturated rings. The molecule has 1 aromatic heterocycles. The second kappa shape index (κ2) is 6.08. The summed E-state index contributed by atoms with van der Waals surface area (Å²) >= 11 is 5.98. The summed E-state index contributed by atoms with van der Waals surface area (Å²) in [5.74, 6) is -0.805. The minimum atomic E-state index is -0.651. The lowest BCUT2D eigenvalue weighted by Gasteiger charge is -2.26. The molecule has 0 saturated heterocycles. The number of carboxylic acids is 1. The molecule has 1 aliphatic rings. The number of hydrogen-bond acceptors (Lipinski definition) is 2. The maximum absolute atomic E-state index is 10.9. The lowest BCUT2D eigenvalue weighted by Crippen LogP contribution is -2.34. The van der Waals surface area contributed by atoms with Crippen LogP contribution in [0.1, 0.15) is 31.2 Å². The van der Waals surface area contributed by atoms with Crippen molar-refractivity contribution in [3.05, 3.63) is 35.0 Å². The summed E-state index contributed by atoms with van der Waals surface area (Å²) in [6.45, 7) is 0.796. The number of H-pyrrole nitrogens is 1. The molecule has 2 aromatic rings. The molecule has 0 unspecified atom stereocenters. The molecule has 3 N–H and O–H groups in total. The van der Waals surface area contributed by atoms with Crippen LogP contribution >= 0.6 is 11.6 Å². The summed E-state index contributed by atoms with van der Waals surface area (Å²) < 4.78 is 0. The second-order valence-electron chi connectivity index (χ2n) is 5.77. The highest BCUT2D eigenvalue weighted by Crippen LogP contribution is 2.26. The average Bonchev–Trinajstić information content (AvgIpc) is 2.87. The molecule has 5 heteroatoms. The van der Waals surface area contributed by atoms with Crippen molar-refractivity contribution in [1.82, 2.24) is 10.3 Å². The average molecular weight is 307 g/mol. The number of carboxylic acid groups (broad SMARTS) is 1. The Labute approximate surface area is 128 Å². The molecule has 1 saturated carbocycles. The number of aromatic amines is 1. The number of halogens is 1. The van der Waals surface area contributed by atoms with Crippen LogP contribution in [0, 0.1) is 5.92 Å². The number of fused-ring (bicyclic) bond motifs is 1. The molecule has 1 aromatic carbocycles. The van der Waals surface area contributed by atoms with E-state index in [1.807, 2.05) is 24.4 Å². The van der Waals surface area contributed by atoms with Gasteiger partial charge in [-0.15, -0.1) is 0 Å². The maximum Gasteiger partial charge on any atom is 0.306 e. The molecule has 1 heterocycles. The van der Waals surface area contributed by atoms with Crippen LogP contribution < -0.4 is 5.32 Å². The molecule has 0 spiro atoms. The largest absolute Gasteiger partial charge is 0.481 e. The van der Waals surface area contributed by atoms with Gasteiger partial charge in [-0.2, -0.15) is 0 Å². The zero-order valence-corrected chi connectivity index (χ0v) is 12.5. The van der Waals surface area contributed by atoms with E-state index < -0.39 is 5.97 Å². The number of nitrogens with one attached hydrogen (secondary N) is 2. The van der Waals surface area contributed by atoms with Crippen LogP contribution in [-0.4, -0.2) is 22.1 Å². The fourth-order valence-electron chi connectivity index (χ4n) is 3.10. The minimum Gasteiger partial charge on any atom is -0.481 e. The summed E-state index contributed by atoms with van der Waals surface area (Å²) in [5, 5.41) is 14.5. The van der Waals surface area contributed by atoms with Crippen LogP contribution in [0.2, 0.25) is 5.02 Å². The molecule has 0 radical (unpaired) electrons. The molecule has 112 valence electrons. The lowest BCUT2D eigenvalue weighted by molar-refractivity contribution is -0.142. The van der Waals surface area contributed by atoms with Crippen molar-refractivity contribution < 1.29 is 9.90 Å². The molecule has 3 rings (SSSR count). The van der Waals surface area contributed by atoms with Crippen molar-refractivity contribution in [2.24, 2.45) is 5.92 Å². The first-order chi connectivity index (χ1) is 10.1. The van der Waals surface area contributed by atoms with Gasteiger partial charge in [0.15, 0.2) is 0 Å².